The predicted molar refractivity (Wildman–Crippen MR) is 114 cm³/mol. The first kappa shape index (κ1) is 20.4. The van der Waals surface area contributed by atoms with Gasteiger partial charge in [0.2, 0.25) is 11.8 Å². The largest absolute Gasteiger partial charge is 0.375 e. The highest BCUT2D eigenvalue weighted by Gasteiger charge is 2.43. The molecule has 0 spiro atoms. The molecule has 0 atom stereocenters. The third-order valence-corrected chi connectivity index (χ3v) is 4.78. The number of fused-ring (bicyclic) bond motifs is 1. The van der Waals surface area contributed by atoms with E-state index in [4.69, 9.17) is 0 Å². The van der Waals surface area contributed by atoms with Crippen LogP contribution in [0.15, 0.2) is 48.5 Å². The van der Waals surface area contributed by atoms with E-state index in [-0.39, 0.29) is 30.3 Å². The molecular formula is C22H26N4O3. The second kappa shape index (κ2) is 7.95. The molecule has 1 aliphatic heterocycles. The Morgan fingerprint density at radius 3 is 2.45 bits per heavy atom. The Bertz CT molecular complexity index is 953. The van der Waals surface area contributed by atoms with E-state index in [0.717, 1.165) is 0 Å². The fourth-order valence-electron chi connectivity index (χ4n) is 3.32. The van der Waals surface area contributed by atoms with Gasteiger partial charge in [-0.3, -0.25) is 19.3 Å². The van der Waals surface area contributed by atoms with Gasteiger partial charge in [0.1, 0.15) is 5.54 Å². The number of hydrogen-bond donors (Lipinski definition) is 3. The van der Waals surface area contributed by atoms with Crippen molar-refractivity contribution in [2.45, 2.75) is 39.3 Å². The summed E-state index contributed by atoms with van der Waals surface area (Å²) in [5.74, 6) is -0.726. The molecule has 152 valence electrons. The van der Waals surface area contributed by atoms with Crippen molar-refractivity contribution in [1.29, 1.82) is 0 Å². The zero-order valence-corrected chi connectivity index (χ0v) is 17.1. The van der Waals surface area contributed by atoms with Crippen LogP contribution in [-0.4, -0.2) is 35.8 Å². The molecule has 1 heterocycles. The second-order valence-electron chi connectivity index (χ2n) is 7.79. The molecule has 0 aliphatic carbocycles. The molecule has 0 unspecified atom stereocenters. The number of nitrogens with zero attached hydrogens (tertiary/aromatic N) is 1. The van der Waals surface area contributed by atoms with Crippen LogP contribution in [0.25, 0.3) is 0 Å². The maximum atomic E-state index is 13.1. The van der Waals surface area contributed by atoms with Gasteiger partial charge in [-0.15, -0.1) is 0 Å². The monoisotopic (exact) mass is 394 g/mol. The van der Waals surface area contributed by atoms with E-state index < -0.39 is 5.54 Å². The van der Waals surface area contributed by atoms with E-state index in [9.17, 15) is 14.4 Å². The third kappa shape index (κ3) is 4.08. The molecule has 0 radical (unpaired) electrons. The molecule has 3 N–H and O–H groups in total. The molecular weight excluding hydrogens is 368 g/mol. The first-order valence-electron chi connectivity index (χ1n) is 9.59. The molecule has 2 aromatic carbocycles. The van der Waals surface area contributed by atoms with Crippen molar-refractivity contribution < 1.29 is 14.4 Å². The van der Waals surface area contributed by atoms with Crippen LogP contribution in [0.5, 0.6) is 0 Å². The minimum absolute atomic E-state index is 0.00125. The SMILES string of the molecule is CC(C)NC(=O)c1ccccc1NCC(=O)N1c2ccccc2NC(=O)C1(C)C. The number of rotatable bonds is 5. The lowest BCUT2D eigenvalue weighted by atomic mass is 9.96. The van der Waals surface area contributed by atoms with Gasteiger partial charge in [-0.1, -0.05) is 24.3 Å². The Balaban J connectivity index is 1.83. The van der Waals surface area contributed by atoms with Crippen molar-refractivity contribution in [3.8, 4) is 0 Å². The summed E-state index contributed by atoms with van der Waals surface area (Å²) in [6, 6.07) is 14.2. The number of para-hydroxylation sites is 3. The lowest BCUT2D eigenvalue weighted by Gasteiger charge is -2.42. The highest BCUT2D eigenvalue weighted by Crippen LogP contribution is 2.36. The van der Waals surface area contributed by atoms with E-state index >= 15 is 0 Å². The van der Waals surface area contributed by atoms with Crippen molar-refractivity contribution in [3.63, 3.8) is 0 Å². The first-order chi connectivity index (χ1) is 13.7. The van der Waals surface area contributed by atoms with E-state index in [1.54, 1.807) is 50.2 Å². The number of benzene rings is 2. The van der Waals surface area contributed by atoms with Crippen LogP contribution < -0.4 is 20.9 Å². The Hall–Kier alpha value is -3.35. The van der Waals surface area contributed by atoms with Crippen LogP contribution in [0.3, 0.4) is 0 Å². The fourth-order valence-corrected chi connectivity index (χ4v) is 3.32. The van der Waals surface area contributed by atoms with Gasteiger partial charge in [0.15, 0.2) is 0 Å². The lowest BCUT2D eigenvalue weighted by molar-refractivity contribution is -0.125. The summed E-state index contributed by atoms with van der Waals surface area (Å²) in [4.78, 5) is 39.6. The molecule has 2 aromatic rings. The maximum absolute atomic E-state index is 13.1. The van der Waals surface area contributed by atoms with E-state index in [1.807, 2.05) is 26.0 Å². The van der Waals surface area contributed by atoms with Gasteiger partial charge < -0.3 is 16.0 Å². The molecule has 1 aliphatic rings. The summed E-state index contributed by atoms with van der Waals surface area (Å²) in [6.45, 7) is 7.13. The van der Waals surface area contributed by atoms with Crippen LogP contribution in [0, 0.1) is 0 Å². The van der Waals surface area contributed by atoms with E-state index in [2.05, 4.69) is 16.0 Å². The van der Waals surface area contributed by atoms with Gasteiger partial charge in [-0.05, 0) is 52.0 Å². The average Bonchev–Trinajstić information content (AvgIpc) is 2.66. The quantitative estimate of drug-likeness (QED) is 0.727. The molecule has 7 nitrogen and oxygen atoms in total. The highest BCUT2D eigenvalue weighted by molar-refractivity contribution is 6.15. The fraction of sp³-hybridized carbons (Fsp3) is 0.318. The summed E-state index contributed by atoms with van der Waals surface area (Å²) in [6.07, 6.45) is 0. The molecule has 0 fully saturated rings. The number of carbonyl (C=O) groups is 3. The van der Waals surface area contributed by atoms with Gasteiger partial charge in [0.25, 0.3) is 5.91 Å². The van der Waals surface area contributed by atoms with Crippen LogP contribution in [0.2, 0.25) is 0 Å². The Morgan fingerprint density at radius 2 is 1.72 bits per heavy atom. The Labute approximate surface area is 170 Å². The number of amides is 3. The standard InChI is InChI=1S/C22H26N4O3/c1-14(2)24-20(28)15-9-5-6-10-16(15)23-13-19(27)26-18-12-8-7-11-17(18)25-21(29)22(26,3)4/h5-12,14,23H,13H2,1-4H3,(H,24,28)(H,25,29). The summed E-state index contributed by atoms with van der Waals surface area (Å²) in [5, 5.41) is 8.76. The van der Waals surface area contributed by atoms with Gasteiger partial charge in [0, 0.05) is 11.7 Å². The summed E-state index contributed by atoms with van der Waals surface area (Å²) in [5.41, 5.74) is 1.23. The van der Waals surface area contributed by atoms with Crippen LogP contribution in [0.1, 0.15) is 38.1 Å². The minimum atomic E-state index is -1.04. The molecule has 0 saturated heterocycles. The van der Waals surface area contributed by atoms with Gasteiger partial charge in [-0.2, -0.15) is 0 Å². The third-order valence-electron chi connectivity index (χ3n) is 4.78. The highest BCUT2D eigenvalue weighted by atomic mass is 16.2. The summed E-state index contributed by atoms with van der Waals surface area (Å²) >= 11 is 0. The molecule has 0 aromatic heterocycles. The predicted octanol–water partition coefficient (Wildman–Crippen LogP) is 3.00. The second-order valence-corrected chi connectivity index (χ2v) is 7.79. The normalized spacial score (nSPS) is 14.8. The number of carbonyl (C=O) groups excluding carboxylic acids is 3. The Morgan fingerprint density at radius 1 is 1.07 bits per heavy atom. The number of nitrogens with one attached hydrogen (secondary N) is 3. The topological polar surface area (TPSA) is 90.5 Å². The van der Waals surface area contributed by atoms with Crippen molar-refractivity contribution in [2.75, 3.05) is 22.1 Å². The van der Waals surface area contributed by atoms with Gasteiger partial charge >= 0.3 is 0 Å². The van der Waals surface area contributed by atoms with Crippen molar-refractivity contribution in [1.82, 2.24) is 5.32 Å². The van der Waals surface area contributed by atoms with Crippen LogP contribution >= 0.6 is 0 Å². The van der Waals surface area contributed by atoms with Crippen molar-refractivity contribution >= 4 is 34.8 Å². The molecule has 0 saturated carbocycles. The molecule has 7 heteroatoms. The van der Waals surface area contributed by atoms with E-state index in [1.165, 1.54) is 4.90 Å². The molecule has 29 heavy (non-hydrogen) atoms. The first-order valence-corrected chi connectivity index (χ1v) is 9.59. The lowest BCUT2D eigenvalue weighted by Crippen LogP contribution is -2.59. The maximum Gasteiger partial charge on any atom is 0.253 e. The average molecular weight is 394 g/mol. The molecule has 3 rings (SSSR count). The smallest absolute Gasteiger partial charge is 0.253 e. The number of hydrogen-bond acceptors (Lipinski definition) is 4. The Kier molecular flexibility index (Phi) is 5.59. The van der Waals surface area contributed by atoms with Crippen molar-refractivity contribution in [2.24, 2.45) is 0 Å². The molecule has 3 amide bonds. The minimum Gasteiger partial charge on any atom is -0.375 e. The van der Waals surface area contributed by atoms with Gasteiger partial charge in [-0.25, -0.2) is 0 Å². The molecule has 0 bridgehead atoms. The number of anilines is 3. The zero-order valence-electron chi connectivity index (χ0n) is 17.1. The van der Waals surface area contributed by atoms with Gasteiger partial charge in [0.05, 0.1) is 23.5 Å². The van der Waals surface area contributed by atoms with Crippen molar-refractivity contribution in [3.05, 3.63) is 54.1 Å². The summed E-state index contributed by atoms with van der Waals surface area (Å²) < 4.78 is 0. The van der Waals surface area contributed by atoms with E-state index in [0.29, 0.717) is 22.6 Å². The summed E-state index contributed by atoms with van der Waals surface area (Å²) in [7, 11) is 0. The van der Waals surface area contributed by atoms with Crippen LogP contribution in [-0.2, 0) is 9.59 Å². The van der Waals surface area contributed by atoms with Crippen LogP contribution in [0.4, 0.5) is 17.1 Å². The zero-order chi connectivity index (χ0) is 21.2.